The molecule has 0 aliphatic rings. The summed E-state index contributed by atoms with van der Waals surface area (Å²) in [6.45, 7) is 15.2. The molecule has 5 nitrogen and oxygen atoms in total. The van der Waals surface area contributed by atoms with Crippen molar-refractivity contribution in [3.8, 4) is 0 Å². The van der Waals surface area contributed by atoms with Crippen LogP contribution in [0.25, 0.3) is 16.9 Å². The Balaban J connectivity index is 1.80. The van der Waals surface area contributed by atoms with Gasteiger partial charge < -0.3 is 11.1 Å². The smallest absolute Gasteiger partial charge is 0.206 e. The molecule has 0 fully saturated rings. The van der Waals surface area contributed by atoms with Crippen molar-refractivity contribution in [1.29, 1.82) is 0 Å². The van der Waals surface area contributed by atoms with Gasteiger partial charge in [0.15, 0.2) is 5.65 Å². The molecule has 0 amide bonds. The lowest BCUT2D eigenvalue weighted by Gasteiger charge is -2.14. The largest absolute Gasteiger partial charge is 0.380 e. The molecule has 0 radical (unpaired) electrons. The van der Waals surface area contributed by atoms with Gasteiger partial charge in [-0.15, -0.1) is 0 Å². The number of hydrogen-bond donors (Lipinski definition) is 2. The van der Waals surface area contributed by atoms with Crippen LogP contribution in [0.2, 0.25) is 0 Å². The SMILES string of the molecule is C=C(NCc1ccc(CCC)c(C)c1)c1cc(C(=C)C)n2c(N)ncc2n1. The lowest BCUT2D eigenvalue weighted by molar-refractivity contribution is 0.872. The van der Waals surface area contributed by atoms with Crippen molar-refractivity contribution in [2.75, 3.05) is 5.73 Å². The van der Waals surface area contributed by atoms with Gasteiger partial charge in [0.2, 0.25) is 5.95 Å². The average Bonchev–Trinajstić information content (AvgIpc) is 3.02. The molecule has 140 valence electrons. The molecule has 0 atom stereocenters. The van der Waals surface area contributed by atoms with Crippen LogP contribution in [0.1, 0.15) is 48.3 Å². The zero-order valence-corrected chi connectivity index (χ0v) is 16.3. The summed E-state index contributed by atoms with van der Waals surface area (Å²) in [4.78, 5) is 8.78. The average molecular weight is 361 g/mol. The van der Waals surface area contributed by atoms with Crippen molar-refractivity contribution in [1.82, 2.24) is 19.7 Å². The molecule has 3 aromatic rings. The van der Waals surface area contributed by atoms with Crippen LogP contribution in [0.15, 0.2) is 43.6 Å². The highest BCUT2D eigenvalue weighted by atomic mass is 15.1. The van der Waals surface area contributed by atoms with Crippen LogP contribution in [-0.4, -0.2) is 14.4 Å². The molecule has 5 heteroatoms. The Morgan fingerprint density at radius 1 is 1.26 bits per heavy atom. The molecule has 0 aliphatic heterocycles. The minimum Gasteiger partial charge on any atom is -0.380 e. The van der Waals surface area contributed by atoms with Crippen molar-refractivity contribution in [2.24, 2.45) is 0 Å². The Hall–Kier alpha value is -3.08. The van der Waals surface area contributed by atoms with Crippen LogP contribution in [0.5, 0.6) is 0 Å². The fourth-order valence-corrected chi connectivity index (χ4v) is 3.22. The number of nitrogen functional groups attached to an aromatic ring is 1. The number of nitrogens with two attached hydrogens (primary N) is 1. The highest BCUT2D eigenvalue weighted by Gasteiger charge is 2.12. The van der Waals surface area contributed by atoms with E-state index in [0.717, 1.165) is 35.5 Å². The monoisotopic (exact) mass is 361 g/mol. The minimum absolute atomic E-state index is 0.406. The van der Waals surface area contributed by atoms with Crippen LogP contribution in [-0.2, 0) is 13.0 Å². The summed E-state index contributed by atoms with van der Waals surface area (Å²) >= 11 is 0. The molecule has 1 aromatic carbocycles. The molecule has 0 saturated heterocycles. The van der Waals surface area contributed by atoms with E-state index in [2.05, 4.69) is 60.5 Å². The lowest BCUT2D eigenvalue weighted by Crippen LogP contribution is -2.13. The highest BCUT2D eigenvalue weighted by Crippen LogP contribution is 2.21. The second-order valence-electron chi connectivity index (χ2n) is 6.96. The first kappa shape index (κ1) is 18.7. The Morgan fingerprint density at radius 2 is 2.04 bits per heavy atom. The molecule has 3 N–H and O–H groups in total. The second kappa shape index (κ2) is 7.66. The van der Waals surface area contributed by atoms with Crippen molar-refractivity contribution in [3.63, 3.8) is 0 Å². The van der Waals surface area contributed by atoms with Gasteiger partial charge in [-0.3, -0.25) is 4.40 Å². The summed E-state index contributed by atoms with van der Waals surface area (Å²) in [5.41, 5.74) is 13.9. The maximum absolute atomic E-state index is 5.96. The molecule has 3 rings (SSSR count). The molecule has 0 bridgehead atoms. The third kappa shape index (κ3) is 3.87. The topological polar surface area (TPSA) is 68.2 Å². The van der Waals surface area contributed by atoms with E-state index in [9.17, 15) is 0 Å². The summed E-state index contributed by atoms with van der Waals surface area (Å²) in [5.74, 6) is 0.406. The van der Waals surface area contributed by atoms with Gasteiger partial charge in [0.25, 0.3) is 0 Å². The van der Waals surface area contributed by atoms with Gasteiger partial charge in [0.1, 0.15) is 0 Å². The van der Waals surface area contributed by atoms with Crippen LogP contribution in [0.3, 0.4) is 0 Å². The van der Waals surface area contributed by atoms with Gasteiger partial charge in [0.05, 0.1) is 23.3 Å². The number of aryl methyl sites for hydroxylation is 2. The molecule has 0 unspecified atom stereocenters. The van der Waals surface area contributed by atoms with E-state index in [1.165, 1.54) is 16.7 Å². The molecule has 2 heterocycles. The molecule has 27 heavy (non-hydrogen) atoms. The predicted molar refractivity (Wildman–Crippen MR) is 113 cm³/mol. The fourth-order valence-electron chi connectivity index (χ4n) is 3.22. The van der Waals surface area contributed by atoms with E-state index < -0.39 is 0 Å². The van der Waals surface area contributed by atoms with E-state index in [1.807, 2.05) is 13.0 Å². The Morgan fingerprint density at radius 3 is 2.70 bits per heavy atom. The lowest BCUT2D eigenvalue weighted by atomic mass is 10.0. The summed E-state index contributed by atoms with van der Waals surface area (Å²) < 4.78 is 1.80. The van der Waals surface area contributed by atoms with E-state index in [4.69, 9.17) is 5.73 Å². The third-order valence-corrected chi connectivity index (χ3v) is 4.70. The number of imidazole rings is 1. The molecular weight excluding hydrogens is 334 g/mol. The van der Waals surface area contributed by atoms with Crippen LogP contribution >= 0.6 is 0 Å². The molecule has 0 saturated carbocycles. The standard InChI is InChI=1S/C22H27N5/c1-6-7-18-9-8-17(10-15(18)4)12-24-16(5)19-11-20(14(2)3)27-21(26-19)13-25-22(27)23/h8-11,13,24H,2,5-7,12H2,1,3-4H3,(H2,23,25). The molecule has 2 aromatic heterocycles. The normalized spacial score (nSPS) is 10.9. The van der Waals surface area contributed by atoms with Crippen molar-refractivity contribution < 1.29 is 0 Å². The first-order valence-electron chi connectivity index (χ1n) is 9.22. The first-order valence-corrected chi connectivity index (χ1v) is 9.22. The number of aromatic nitrogens is 3. The fraction of sp³-hybridized carbons (Fsp3) is 0.273. The Labute approximate surface area is 160 Å². The quantitative estimate of drug-likeness (QED) is 0.656. The van der Waals surface area contributed by atoms with Crippen LogP contribution in [0.4, 0.5) is 5.95 Å². The molecule has 0 spiro atoms. The Bertz CT molecular complexity index is 1010. The molecular formula is C22H27N5. The van der Waals surface area contributed by atoms with Crippen molar-refractivity contribution in [3.05, 3.63) is 71.7 Å². The number of nitrogens with zero attached hydrogens (tertiary/aromatic N) is 3. The van der Waals surface area contributed by atoms with Gasteiger partial charge in [-0.1, -0.05) is 44.7 Å². The predicted octanol–water partition coefficient (Wildman–Crippen LogP) is 4.37. The summed E-state index contributed by atoms with van der Waals surface area (Å²) in [7, 11) is 0. The number of rotatable bonds is 7. The number of anilines is 1. The minimum atomic E-state index is 0.406. The van der Waals surface area contributed by atoms with Crippen LogP contribution < -0.4 is 11.1 Å². The summed E-state index contributed by atoms with van der Waals surface area (Å²) in [6, 6.07) is 8.57. The number of hydrogen-bond acceptors (Lipinski definition) is 4. The molecule has 0 aliphatic carbocycles. The number of allylic oxidation sites excluding steroid dienone is 1. The second-order valence-corrected chi connectivity index (χ2v) is 6.96. The van der Waals surface area contributed by atoms with Gasteiger partial charge in [-0.05, 0) is 48.6 Å². The summed E-state index contributed by atoms with van der Waals surface area (Å²) in [5, 5.41) is 3.38. The zero-order chi connectivity index (χ0) is 19.6. The van der Waals surface area contributed by atoms with E-state index in [-0.39, 0.29) is 0 Å². The van der Waals surface area contributed by atoms with Crippen molar-refractivity contribution >= 4 is 22.9 Å². The van der Waals surface area contributed by atoms with Gasteiger partial charge in [0, 0.05) is 6.54 Å². The van der Waals surface area contributed by atoms with Gasteiger partial charge in [-0.25, -0.2) is 9.97 Å². The number of nitrogens with one attached hydrogen (secondary N) is 1. The van der Waals surface area contributed by atoms with Gasteiger partial charge >= 0.3 is 0 Å². The maximum Gasteiger partial charge on any atom is 0.206 e. The van der Waals surface area contributed by atoms with Gasteiger partial charge in [-0.2, -0.15) is 0 Å². The summed E-state index contributed by atoms with van der Waals surface area (Å²) in [6.07, 6.45) is 3.94. The Kier molecular flexibility index (Phi) is 5.31. The van der Waals surface area contributed by atoms with Crippen molar-refractivity contribution in [2.45, 2.75) is 40.2 Å². The van der Waals surface area contributed by atoms with E-state index >= 15 is 0 Å². The third-order valence-electron chi connectivity index (χ3n) is 4.70. The number of benzene rings is 1. The van der Waals surface area contributed by atoms with E-state index in [0.29, 0.717) is 18.1 Å². The zero-order valence-electron chi connectivity index (χ0n) is 16.3. The van der Waals surface area contributed by atoms with E-state index in [1.54, 1.807) is 10.6 Å². The highest BCUT2D eigenvalue weighted by molar-refractivity contribution is 5.69. The maximum atomic E-state index is 5.96. The van der Waals surface area contributed by atoms with Crippen LogP contribution in [0, 0.1) is 6.92 Å². The first-order chi connectivity index (χ1) is 12.9. The number of fused-ring (bicyclic) bond motifs is 1.